The average Bonchev–Trinajstić information content (AvgIpc) is 3.32. The molecule has 1 heterocycles. The van der Waals surface area contributed by atoms with E-state index >= 15 is 0 Å². The summed E-state index contributed by atoms with van der Waals surface area (Å²) in [5.41, 5.74) is 1.40. The van der Waals surface area contributed by atoms with Crippen LogP contribution in [0.25, 0.3) is 11.1 Å². The molecule has 1 fully saturated rings. The molecule has 1 N–H and O–H groups in total. The van der Waals surface area contributed by atoms with Crippen LogP contribution in [0.3, 0.4) is 0 Å². The maximum Gasteiger partial charge on any atom is 0.306 e. The molecular weight excluding hydrogens is 338 g/mol. The first-order valence-corrected chi connectivity index (χ1v) is 8.54. The molecule has 0 saturated heterocycles. The molecule has 0 radical (unpaired) electrons. The first kappa shape index (κ1) is 17.9. The number of fused-ring (bicyclic) bond motifs is 1. The summed E-state index contributed by atoms with van der Waals surface area (Å²) in [6.45, 7) is -0.435. The fourth-order valence-electron chi connectivity index (χ4n) is 2.37. The van der Waals surface area contributed by atoms with Gasteiger partial charge in [0.2, 0.25) is 5.91 Å². The summed E-state index contributed by atoms with van der Waals surface area (Å²) in [5.74, 6) is -0.698. The minimum atomic E-state index is -0.517. The third-order valence-electron chi connectivity index (χ3n) is 3.99. The Morgan fingerprint density at radius 3 is 2.81 bits per heavy atom. The zero-order chi connectivity index (χ0) is 18.5. The standard InChI is InChI=1S/C18H21N3O5/c1-21(10-15(22)19-12-6-7-12)17(23)11-25-18(24)9-8-16-20-13-4-2-3-5-14(13)26-16/h2-5,12H,6-11H2,1H3,(H,19,22). The maximum absolute atomic E-state index is 11.9. The van der Waals surface area contributed by atoms with Crippen molar-refractivity contribution in [1.29, 1.82) is 0 Å². The average molecular weight is 359 g/mol. The van der Waals surface area contributed by atoms with Crippen molar-refractivity contribution in [2.75, 3.05) is 20.2 Å². The fourth-order valence-corrected chi connectivity index (χ4v) is 2.37. The number of nitrogens with zero attached hydrogens (tertiary/aromatic N) is 2. The number of aryl methyl sites for hydroxylation is 1. The van der Waals surface area contributed by atoms with E-state index in [0.29, 0.717) is 17.9 Å². The molecule has 26 heavy (non-hydrogen) atoms. The highest BCUT2D eigenvalue weighted by Gasteiger charge is 2.24. The SMILES string of the molecule is CN(CC(=O)NC1CC1)C(=O)COC(=O)CCc1nc2ccccc2o1. The van der Waals surface area contributed by atoms with Crippen molar-refractivity contribution < 1.29 is 23.5 Å². The summed E-state index contributed by atoms with van der Waals surface area (Å²) < 4.78 is 10.5. The van der Waals surface area contributed by atoms with Crippen LogP contribution >= 0.6 is 0 Å². The molecule has 1 aliphatic rings. The van der Waals surface area contributed by atoms with Crippen molar-refractivity contribution in [3.63, 3.8) is 0 Å². The molecule has 3 rings (SSSR count). The van der Waals surface area contributed by atoms with Crippen LogP contribution in [0.15, 0.2) is 28.7 Å². The lowest BCUT2D eigenvalue weighted by Crippen LogP contribution is -2.40. The number of aromatic nitrogens is 1. The monoisotopic (exact) mass is 359 g/mol. The lowest BCUT2D eigenvalue weighted by Gasteiger charge is -2.16. The summed E-state index contributed by atoms with van der Waals surface area (Å²) in [6, 6.07) is 7.58. The highest BCUT2D eigenvalue weighted by molar-refractivity contribution is 5.86. The largest absolute Gasteiger partial charge is 0.456 e. The summed E-state index contributed by atoms with van der Waals surface area (Å²) in [4.78, 5) is 40.9. The Hall–Kier alpha value is -2.90. The van der Waals surface area contributed by atoms with Gasteiger partial charge in [-0.05, 0) is 25.0 Å². The van der Waals surface area contributed by atoms with Crippen LogP contribution in [0, 0.1) is 0 Å². The van der Waals surface area contributed by atoms with Crippen molar-refractivity contribution in [1.82, 2.24) is 15.2 Å². The summed E-state index contributed by atoms with van der Waals surface area (Å²) in [6.07, 6.45) is 2.33. The molecule has 1 aromatic heterocycles. The van der Waals surface area contributed by atoms with Gasteiger partial charge in [0.25, 0.3) is 5.91 Å². The van der Waals surface area contributed by atoms with Gasteiger partial charge in [-0.25, -0.2) is 4.98 Å². The fraction of sp³-hybridized carbons (Fsp3) is 0.444. The van der Waals surface area contributed by atoms with E-state index in [4.69, 9.17) is 9.15 Å². The van der Waals surface area contributed by atoms with Crippen LogP contribution < -0.4 is 5.32 Å². The molecule has 8 nitrogen and oxygen atoms in total. The van der Waals surface area contributed by atoms with Gasteiger partial charge in [0.05, 0.1) is 13.0 Å². The van der Waals surface area contributed by atoms with E-state index in [0.717, 1.165) is 18.4 Å². The number of hydrogen-bond acceptors (Lipinski definition) is 6. The number of likely N-dealkylation sites (N-methyl/N-ethyl adjacent to an activating group) is 1. The maximum atomic E-state index is 11.9. The number of ether oxygens (including phenoxy) is 1. The van der Waals surface area contributed by atoms with Gasteiger partial charge in [-0.15, -0.1) is 0 Å². The van der Waals surface area contributed by atoms with Crippen LogP contribution in [-0.2, 0) is 25.5 Å². The Balaban J connectivity index is 1.37. The van der Waals surface area contributed by atoms with Gasteiger partial charge in [0, 0.05) is 19.5 Å². The van der Waals surface area contributed by atoms with E-state index in [1.165, 1.54) is 11.9 Å². The number of rotatable bonds is 8. The number of carbonyl (C=O) groups excluding carboxylic acids is 3. The molecule has 2 aromatic rings. The highest BCUT2D eigenvalue weighted by atomic mass is 16.5. The zero-order valence-corrected chi connectivity index (χ0v) is 14.6. The predicted molar refractivity (Wildman–Crippen MR) is 92.1 cm³/mol. The van der Waals surface area contributed by atoms with Gasteiger partial charge < -0.3 is 19.4 Å². The number of nitrogens with one attached hydrogen (secondary N) is 1. The molecule has 0 spiro atoms. The second-order valence-electron chi connectivity index (χ2n) is 6.33. The third kappa shape index (κ3) is 5.05. The molecule has 8 heteroatoms. The normalized spacial score (nSPS) is 13.4. The molecular formula is C18H21N3O5. The number of esters is 1. The van der Waals surface area contributed by atoms with E-state index in [1.807, 2.05) is 18.2 Å². The molecule has 0 bridgehead atoms. The number of amides is 2. The number of carbonyl (C=O) groups is 3. The lowest BCUT2D eigenvalue weighted by atomic mass is 10.3. The van der Waals surface area contributed by atoms with Crippen molar-refractivity contribution in [2.24, 2.45) is 0 Å². The van der Waals surface area contributed by atoms with Gasteiger partial charge >= 0.3 is 5.97 Å². The Morgan fingerprint density at radius 1 is 1.31 bits per heavy atom. The van der Waals surface area contributed by atoms with E-state index < -0.39 is 11.9 Å². The Kier molecular flexibility index (Phi) is 5.50. The molecule has 0 atom stereocenters. The van der Waals surface area contributed by atoms with Crippen LogP contribution in [0.5, 0.6) is 0 Å². The number of hydrogen-bond donors (Lipinski definition) is 1. The quantitative estimate of drug-likeness (QED) is 0.707. The van der Waals surface area contributed by atoms with Crippen molar-refractivity contribution in [3.05, 3.63) is 30.2 Å². The van der Waals surface area contributed by atoms with Crippen molar-refractivity contribution in [3.8, 4) is 0 Å². The van der Waals surface area contributed by atoms with Gasteiger partial charge in [0.1, 0.15) is 5.52 Å². The molecule has 1 aliphatic carbocycles. The first-order chi connectivity index (χ1) is 12.5. The van der Waals surface area contributed by atoms with E-state index in [1.54, 1.807) is 6.07 Å². The van der Waals surface area contributed by atoms with E-state index in [9.17, 15) is 14.4 Å². The number of para-hydroxylation sites is 2. The predicted octanol–water partition coefficient (Wildman–Crippen LogP) is 1.04. The first-order valence-electron chi connectivity index (χ1n) is 8.54. The second-order valence-corrected chi connectivity index (χ2v) is 6.33. The molecule has 0 unspecified atom stereocenters. The van der Waals surface area contributed by atoms with Crippen molar-refractivity contribution >= 4 is 28.9 Å². The van der Waals surface area contributed by atoms with E-state index in [2.05, 4.69) is 10.3 Å². The molecule has 1 aromatic carbocycles. The summed E-state index contributed by atoms with van der Waals surface area (Å²) in [5, 5.41) is 2.80. The molecule has 1 saturated carbocycles. The molecule has 0 aliphatic heterocycles. The summed E-state index contributed by atoms with van der Waals surface area (Å²) >= 11 is 0. The zero-order valence-electron chi connectivity index (χ0n) is 14.6. The van der Waals surface area contributed by atoms with Crippen LogP contribution in [0.1, 0.15) is 25.2 Å². The van der Waals surface area contributed by atoms with Gasteiger partial charge in [-0.1, -0.05) is 12.1 Å². The van der Waals surface area contributed by atoms with Gasteiger partial charge in [-0.2, -0.15) is 0 Å². The number of benzene rings is 1. The lowest BCUT2D eigenvalue weighted by molar-refractivity contribution is -0.152. The Bertz CT molecular complexity index is 779. The van der Waals surface area contributed by atoms with Crippen molar-refractivity contribution in [2.45, 2.75) is 31.7 Å². The van der Waals surface area contributed by atoms with E-state index in [-0.39, 0.29) is 31.5 Å². The molecule has 138 valence electrons. The Morgan fingerprint density at radius 2 is 2.08 bits per heavy atom. The highest BCUT2D eigenvalue weighted by Crippen LogP contribution is 2.18. The summed E-state index contributed by atoms with van der Waals surface area (Å²) in [7, 11) is 1.50. The van der Waals surface area contributed by atoms with Gasteiger partial charge in [-0.3, -0.25) is 14.4 Å². The Labute approximate surface area is 150 Å². The molecule has 2 amide bonds. The minimum absolute atomic E-state index is 0.0458. The number of oxazole rings is 1. The van der Waals surface area contributed by atoms with Gasteiger partial charge in [0.15, 0.2) is 18.1 Å². The topological polar surface area (TPSA) is 102 Å². The smallest absolute Gasteiger partial charge is 0.306 e. The minimum Gasteiger partial charge on any atom is -0.456 e. The van der Waals surface area contributed by atoms with Crippen LogP contribution in [-0.4, -0.2) is 53.9 Å². The van der Waals surface area contributed by atoms with Crippen LogP contribution in [0.4, 0.5) is 0 Å². The third-order valence-corrected chi connectivity index (χ3v) is 3.99. The van der Waals surface area contributed by atoms with Crippen LogP contribution in [0.2, 0.25) is 0 Å². The second kappa shape index (κ2) is 7.99.